The van der Waals surface area contributed by atoms with E-state index in [1.165, 1.54) is 32.4 Å². The number of hydrogen-bond acceptors (Lipinski definition) is 6. The molecule has 0 radical (unpaired) electrons. The molecule has 0 unspecified atom stereocenters. The minimum absolute atomic E-state index is 0.111. The van der Waals surface area contributed by atoms with Gasteiger partial charge in [0, 0.05) is 44.2 Å². The van der Waals surface area contributed by atoms with Gasteiger partial charge in [0.05, 0.1) is 11.3 Å². The Morgan fingerprint density at radius 2 is 1.85 bits per heavy atom. The molecule has 0 bridgehead atoms. The molecule has 172 valence electrons. The number of rotatable bonds is 4. The summed E-state index contributed by atoms with van der Waals surface area (Å²) in [6.45, 7) is 2.33. The number of sulfonamides is 1. The molecule has 1 aliphatic heterocycles. The van der Waals surface area contributed by atoms with Gasteiger partial charge in [0.1, 0.15) is 16.4 Å². The summed E-state index contributed by atoms with van der Waals surface area (Å²) in [7, 11) is -0.613. The molecule has 8 nitrogen and oxygen atoms in total. The maximum atomic E-state index is 13.1. The van der Waals surface area contributed by atoms with E-state index < -0.39 is 10.0 Å². The van der Waals surface area contributed by atoms with Gasteiger partial charge in [-0.15, -0.1) is 0 Å². The van der Waals surface area contributed by atoms with E-state index in [9.17, 15) is 23.4 Å². The summed E-state index contributed by atoms with van der Waals surface area (Å²) in [6.07, 6.45) is 2.90. The second-order valence-electron chi connectivity index (χ2n) is 8.23. The van der Waals surface area contributed by atoms with Crippen LogP contribution in [0.2, 0.25) is 0 Å². The van der Waals surface area contributed by atoms with Gasteiger partial charge in [-0.2, -0.15) is 0 Å². The summed E-state index contributed by atoms with van der Waals surface area (Å²) in [5.41, 5.74) is 4.09. The predicted octanol–water partition coefficient (Wildman–Crippen LogP) is 3.31. The summed E-state index contributed by atoms with van der Waals surface area (Å²) in [5.74, 6) is -0.718. The van der Waals surface area contributed by atoms with E-state index in [1.54, 1.807) is 11.0 Å². The number of pyridine rings is 1. The quantitative estimate of drug-likeness (QED) is 0.609. The van der Waals surface area contributed by atoms with Gasteiger partial charge in [-0.25, -0.2) is 12.7 Å². The van der Waals surface area contributed by atoms with Crippen molar-refractivity contribution in [2.45, 2.75) is 24.7 Å². The van der Waals surface area contributed by atoms with Crippen LogP contribution in [0.25, 0.3) is 11.3 Å². The molecule has 0 saturated heterocycles. The van der Waals surface area contributed by atoms with Crippen molar-refractivity contribution in [3.8, 4) is 22.8 Å². The molecule has 0 fully saturated rings. The lowest BCUT2D eigenvalue weighted by molar-refractivity contribution is 0.0982. The van der Waals surface area contributed by atoms with Gasteiger partial charge in [-0.05, 0) is 61.2 Å². The third-order valence-electron chi connectivity index (χ3n) is 5.76. The van der Waals surface area contributed by atoms with Crippen molar-refractivity contribution in [2.24, 2.45) is 0 Å². The van der Waals surface area contributed by atoms with Crippen molar-refractivity contribution in [3.63, 3.8) is 0 Å². The molecule has 9 heteroatoms. The van der Waals surface area contributed by atoms with Crippen LogP contribution >= 0.6 is 0 Å². The molecule has 4 rings (SSSR count). The SMILES string of the molecule is Cc1cc(S(=O)(=O)N(C)C)cnc1-c1ccc2c(c1)CCCN2C(=O)c1ccc(O)cc1O. The fourth-order valence-corrected chi connectivity index (χ4v) is 4.94. The third-order valence-corrected chi connectivity index (χ3v) is 7.54. The van der Waals surface area contributed by atoms with Crippen LogP contribution in [0, 0.1) is 6.92 Å². The van der Waals surface area contributed by atoms with Crippen molar-refractivity contribution < 1.29 is 23.4 Å². The van der Waals surface area contributed by atoms with Crippen LogP contribution in [-0.4, -0.2) is 54.5 Å². The normalized spacial score (nSPS) is 13.8. The van der Waals surface area contributed by atoms with E-state index in [2.05, 4.69) is 4.98 Å². The average Bonchev–Trinajstić information content (AvgIpc) is 2.77. The first-order chi connectivity index (χ1) is 15.6. The molecular weight excluding hydrogens is 442 g/mol. The van der Waals surface area contributed by atoms with Crippen LogP contribution in [0.5, 0.6) is 11.5 Å². The fraction of sp³-hybridized carbons (Fsp3) is 0.250. The number of aromatic hydroxyl groups is 2. The summed E-state index contributed by atoms with van der Waals surface area (Å²) in [5, 5.41) is 19.6. The Kier molecular flexibility index (Phi) is 5.85. The number of anilines is 1. The number of phenols is 2. The standard InChI is InChI=1S/C24H25N3O5S/c1-15-11-19(33(31,32)26(2)3)14-25-23(15)17-6-9-21-16(12-17)5-4-10-27(21)24(30)20-8-7-18(28)13-22(20)29/h6-9,11-14,28-29H,4-5,10H2,1-3H3. The molecule has 1 aliphatic rings. The number of aryl methyl sites for hydroxylation is 2. The monoisotopic (exact) mass is 467 g/mol. The topological polar surface area (TPSA) is 111 Å². The second-order valence-corrected chi connectivity index (χ2v) is 10.4. The van der Waals surface area contributed by atoms with Crippen LogP contribution in [0.1, 0.15) is 27.9 Å². The first-order valence-corrected chi connectivity index (χ1v) is 11.9. The zero-order valence-electron chi connectivity index (χ0n) is 18.6. The van der Waals surface area contributed by atoms with E-state index >= 15 is 0 Å². The van der Waals surface area contributed by atoms with Crippen LogP contribution in [0.3, 0.4) is 0 Å². The smallest absolute Gasteiger partial charge is 0.262 e. The highest BCUT2D eigenvalue weighted by molar-refractivity contribution is 7.89. The Morgan fingerprint density at radius 1 is 1.09 bits per heavy atom. The molecule has 33 heavy (non-hydrogen) atoms. The average molecular weight is 468 g/mol. The number of amides is 1. The largest absolute Gasteiger partial charge is 0.508 e. The molecule has 0 saturated carbocycles. The van der Waals surface area contributed by atoms with Crippen molar-refractivity contribution in [1.82, 2.24) is 9.29 Å². The first kappa shape index (κ1) is 22.8. The van der Waals surface area contributed by atoms with E-state index in [0.717, 1.165) is 45.6 Å². The molecule has 0 spiro atoms. The maximum Gasteiger partial charge on any atom is 0.262 e. The van der Waals surface area contributed by atoms with E-state index in [-0.39, 0.29) is 27.9 Å². The Morgan fingerprint density at radius 3 is 2.52 bits per heavy atom. The molecule has 2 N–H and O–H groups in total. The van der Waals surface area contributed by atoms with Crippen molar-refractivity contribution in [3.05, 3.63) is 65.4 Å². The number of carbonyl (C=O) groups is 1. The van der Waals surface area contributed by atoms with Gasteiger partial charge in [-0.1, -0.05) is 6.07 Å². The summed E-state index contributed by atoms with van der Waals surface area (Å²) >= 11 is 0. The van der Waals surface area contributed by atoms with E-state index in [4.69, 9.17) is 0 Å². The Hall–Kier alpha value is -3.43. The zero-order valence-corrected chi connectivity index (χ0v) is 19.4. The molecule has 0 atom stereocenters. The van der Waals surface area contributed by atoms with Crippen LogP contribution in [0.15, 0.2) is 53.6 Å². The molecule has 2 aromatic carbocycles. The molecular formula is C24H25N3O5S. The summed E-state index contributed by atoms with van der Waals surface area (Å²) in [6, 6.07) is 11.2. The van der Waals surface area contributed by atoms with Crippen LogP contribution in [-0.2, 0) is 16.4 Å². The maximum absolute atomic E-state index is 13.1. The minimum Gasteiger partial charge on any atom is -0.508 e. The lowest BCUT2D eigenvalue weighted by Crippen LogP contribution is -2.35. The predicted molar refractivity (Wildman–Crippen MR) is 125 cm³/mol. The molecule has 3 aromatic rings. The zero-order chi connectivity index (χ0) is 23.9. The van der Waals surface area contributed by atoms with Crippen LogP contribution < -0.4 is 4.90 Å². The second kappa shape index (κ2) is 8.49. The number of fused-ring (bicyclic) bond motifs is 1. The number of carbonyl (C=O) groups excluding carboxylic acids is 1. The van der Waals surface area contributed by atoms with Gasteiger partial charge in [0.2, 0.25) is 10.0 Å². The van der Waals surface area contributed by atoms with Crippen molar-refractivity contribution in [1.29, 1.82) is 0 Å². The third kappa shape index (κ3) is 4.17. The Balaban J connectivity index is 1.69. The molecule has 1 aromatic heterocycles. The van der Waals surface area contributed by atoms with Gasteiger partial charge in [-0.3, -0.25) is 9.78 Å². The van der Waals surface area contributed by atoms with Crippen molar-refractivity contribution in [2.75, 3.05) is 25.5 Å². The molecule has 1 amide bonds. The van der Waals surface area contributed by atoms with Crippen molar-refractivity contribution >= 4 is 21.6 Å². The summed E-state index contributed by atoms with van der Waals surface area (Å²) < 4.78 is 26.0. The highest BCUT2D eigenvalue weighted by Gasteiger charge is 2.26. The summed E-state index contributed by atoms with van der Waals surface area (Å²) in [4.78, 5) is 19.3. The minimum atomic E-state index is -3.57. The number of nitrogens with zero attached hydrogens (tertiary/aromatic N) is 3. The Labute approximate surface area is 192 Å². The van der Waals surface area contributed by atoms with Gasteiger partial charge in [0.15, 0.2) is 0 Å². The van der Waals surface area contributed by atoms with E-state index in [1.807, 2.05) is 25.1 Å². The number of aromatic nitrogens is 1. The number of phenolic OH excluding ortho intramolecular Hbond substituents is 2. The lowest BCUT2D eigenvalue weighted by atomic mass is 9.96. The first-order valence-electron chi connectivity index (χ1n) is 10.5. The van der Waals surface area contributed by atoms with Crippen LogP contribution in [0.4, 0.5) is 5.69 Å². The fourth-order valence-electron chi connectivity index (χ4n) is 4.00. The Bertz CT molecular complexity index is 1350. The van der Waals surface area contributed by atoms with E-state index in [0.29, 0.717) is 12.2 Å². The number of benzene rings is 2. The lowest BCUT2D eigenvalue weighted by Gasteiger charge is -2.30. The highest BCUT2D eigenvalue weighted by atomic mass is 32.2. The van der Waals surface area contributed by atoms with Gasteiger partial charge >= 0.3 is 0 Å². The highest BCUT2D eigenvalue weighted by Crippen LogP contribution is 2.34. The number of hydrogen-bond donors (Lipinski definition) is 2. The molecule has 2 heterocycles. The molecule has 0 aliphatic carbocycles. The van der Waals surface area contributed by atoms with Gasteiger partial charge in [0.25, 0.3) is 5.91 Å². The van der Waals surface area contributed by atoms with Gasteiger partial charge < -0.3 is 15.1 Å².